The van der Waals surface area contributed by atoms with Crippen LogP contribution in [0.1, 0.15) is 6.92 Å². The van der Waals surface area contributed by atoms with Gasteiger partial charge in [0.15, 0.2) is 0 Å². The zero-order valence-corrected chi connectivity index (χ0v) is 10.1. The molecule has 1 atom stereocenters. The summed E-state index contributed by atoms with van der Waals surface area (Å²) in [6.07, 6.45) is 0. The zero-order valence-electron chi connectivity index (χ0n) is 9.24. The van der Waals surface area contributed by atoms with Crippen LogP contribution in [0.25, 0.3) is 0 Å². The van der Waals surface area contributed by atoms with E-state index in [1.54, 1.807) is 0 Å². The summed E-state index contributed by atoms with van der Waals surface area (Å²) in [7, 11) is -4.75. The van der Waals surface area contributed by atoms with Crippen molar-refractivity contribution >= 4 is 21.9 Å². The van der Waals surface area contributed by atoms with E-state index in [2.05, 4.69) is 0 Å². The molecule has 3 N–H and O–H groups in total. The largest absolute Gasteiger partial charge is 0.360 e. The molecule has 0 saturated carbocycles. The maximum atomic E-state index is 12.7. The predicted octanol–water partition coefficient (Wildman–Crippen LogP) is 0.329. The van der Waals surface area contributed by atoms with Gasteiger partial charge in [-0.05, 0) is 31.2 Å². The Morgan fingerprint density at radius 2 is 1.89 bits per heavy atom. The van der Waals surface area contributed by atoms with Gasteiger partial charge in [0.25, 0.3) is 5.91 Å². The van der Waals surface area contributed by atoms with Crippen LogP contribution >= 0.6 is 0 Å². The molecular weight excluding hydrogens is 267 g/mol. The Kier molecular flexibility index (Phi) is 4.22. The molecule has 0 aliphatic carbocycles. The van der Waals surface area contributed by atoms with Crippen LogP contribution in [-0.4, -0.2) is 30.1 Å². The first-order chi connectivity index (χ1) is 8.27. The Labute approximate surface area is 103 Å². The lowest BCUT2D eigenvalue weighted by atomic mass is 10.2. The minimum Gasteiger partial charge on any atom is -0.289 e. The van der Waals surface area contributed by atoms with Crippen LogP contribution in [0.5, 0.6) is 0 Å². The molecule has 0 aliphatic rings. The average molecular weight is 278 g/mol. The molecule has 1 aromatic rings. The summed E-state index contributed by atoms with van der Waals surface area (Å²) >= 11 is 0. The van der Waals surface area contributed by atoms with Gasteiger partial charge in [0.1, 0.15) is 11.9 Å². The molecule has 0 aromatic heterocycles. The number of carbonyl (C=O) groups is 1. The van der Waals surface area contributed by atoms with Crippen molar-refractivity contribution in [2.45, 2.75) is 13.0 Å². The molecule has 9 heteroatoms. The van der Waals surface area contributed by atoms with Crippen molar-refractivity contribution < 1.29 is 27.4 Å². The number of benzene rings is 1. The molecule has 0 heterocycles. The second-order valence-corrected chi connectivity index (χ2v) is 4.69. The van der Waals surface area contributed by atoms with Crippen molar-refractivity contribution in [1.82, 2.24) is 5.48 Å². The Hall–Kier alpha value is -1.71. The highest BCUT2D eigenvalue weighted by Gasteiger charge is 2.30. The lowest BCUT2D eigenvalue weighted by Crippen LogP contribution is -2.47. The summed E-state index contributed by atoms with van der Waals surface area (Å²) in [6.45, 7) is 1.14. The molecule has 1 unspecified atom stereocenters. The third kappa shape index (κ3) is 3.15. The van der Waals surface area contributed by atoms with Gasteiger partial charge >= 0.3 is 10.3 Å². The molecule has 0 fully saturated rings. The monoisotopic (exact) mass is 278 g/mol. The normalized spacial score (nSPS) is 12.9. The van der Waals surface area contributed by atoms with Crippen molar-refractivity contribution in [3.05, 3.63) is 30.1 Å². The molecule has 0 aliphatic heterocycles. The van der Waals surface area contributed by atoms with Gasteiger partial charge in [-0.3, -0.25) is 14.6 Å². The lowest BCUT2D eigenvalue weighted by molar-refractivity contribution is -0.130. The third-order valence-electron chi connectivity index (χ3n) is 2.17. The maximum Gasteiger partial charge on any atom is 0.360 e. The average Bonchev–Trinajstić information content (AvgIpc) is 2.29. The van der Waals surface area contributed by atoms with Crippen molar-refractivity contribution in [1.29, 1.82) is 0 Å². The second kappa shape index (κ2) is 5.29. The van der Waals surface area contributed by atoms with Crippen LogP contribution in [0.3, 0.4) is 0 Å². The highest BCUT2D eigenvalue weighted by molar-refractivity contribution is 7.87. The Morgan fingerprint density at radius 3 is 2.28 bits per heavy atom. The Bertz CT molecular complexity index is 530. The van der Waals surface area contributed by atoms with Crippen molar-refractivity contribution in [2.75, 3.05) is 4.31 Å². The molecule has 0 saturated heterocycles. The summed E-state index contributed by atoms with van der Waals surface area (Å²) in [5.41, 5.74) is 1.15. The van der Waals surface area contributed by atoms with E-state index in [-0.39, 0.29) is 5.69 Å². The molecule has 1 rings (SSSR count). The standard InChI is InChI=1S/C9H11FN2O5S/c1-6(9(13)11-14)12(18(15,16)17)8-4-2-7(10)3-5-8/h2-6,14H,1H3,(H,11,13)(H,15,16,17). The van der Waals surface area contributed by atoms with Gasteiger partial charge in [0.05, 0.1) is 5.69 Å². The van der Waals surface area contributed by atoms with Crippen molar-refractivity contribution in [3.8, 4) is 0 Å². The van der Waals surface area contributed by atoms with Crippen LogP contribution in [0.15, 0.2) is 24.3 Å². The number of hydrogen-bond donors (Lipinski definition) is 3. The minimum atomic E-state index is -4.75. The first-order valence-electron chi connectivity index (χ1n) is 4.73. The van der Waals surface area contributed by atoms with E-state index in [1.165, 1.54) is 5.48 Å². The number of carbonyl (C=O) groups excluding carboxylic acids is 1. The molecule has 100 valence electrons. The van der Waals surface area contributed by atoms with Crippen LogP contribution < -0.4 is 9.79 Å². The van der Waals surface area contributed by atoms with E-state index >= 15 is 0 Å². The number of halogens is 1. The zero-order chi connectivity index (χ0) is 13.9. The summed E-state index contributed by atoms with van der Waals surface area (Å²) in [5.74, 6) is -1.65. The van der Waals surface area contributed by atoms with E-state index in [4.69, 9.17) is 9.76 Å². The summed E-state index contributed by atoms with van der Waals surface area (Å²) in [5, 5.41) is 8.45. The smallest absolute Gasteiger partial charge is 0.289 e. The lowest BCUT2D eigenvalue weighted by Gasteiger charge is -2.25. The third-order valence-corrected chi connectivity index (χ3v) is 3.20. The molecule has 1 amide bonds. The summed E-state index contributed by atoms with van der Waals surface area (Å²) in [4.78, 5) is 11.2. The fourth-order valence-corrected chi connectivity index (χ4v) is 2.23. The van der Waals surface area contributed by atoms with Gasteiger partial charge in [0.2, 0.25) is 0 Å². The molecule has 0 bridgehead atoms. The van der Waals surface area contributed by atoms with Crippen LogP contribution in [-0.2, 0) is 15.1 Å². The topological polar surface area (TPSA) is 107 Å². The minimum absolute atomic E-state index is 0.116. The van der Waals surface area contributed by atoms with Gasteiger partial charge < -0.3 is 0 Å². The maximum absolute atomic E-state index is 12.7. The number of nitrogens with zero attached hydrogens (tertiary/aromatic N) is 1. The Morgan fingerprint density at radius 1 is 1.39 bits per heavy atom. The Balaban J connectivity index is 3.23. The van der Waals surface area contributed by atoms with E-state index in [0.29, 0.717) is 4.31 Å². The number of anilines is 1. The second-order valence-electron chi connectivity index (χ2n) is 3.40. The fraction of sp³-hybridized carbons (Fsp3) is 0.222. The number of hydroxylamine groups is 1. The first-order valence-corrected chi connectivity index (χ1v) is 6.13. The van der Waals surface area contributed by atoms with E-state index in [0.717, 1.165) is 31.2 Å². The van der Waals surface area contributed by atoms with Gasteiger partial charge in [-0.1, -0.05) is 0 Å². The van der Waals surface area contributed by atoms with Crippen LogP contribution in [0.2, 0.25) is 0 Å². The van der Waals surface area contributed by atoms with Crippen LogP contribution in [0, 0.1) is 5.82 Å². The first kappa shape index (κ1) is 14.4. The summed E-state index contributed by atoms with van der Waals surface area (Å²) < 4.78 is 44.5. The van der Waals surface area contributed by atoms with Crippen LogP contribution in [0.4, 0.5) is 10.1 Å². The molecular formula is C9H11FN2O5S. The fourth-order valence-electron chi connectivity index (χ4n) is 1.34. The highest BCUT2D eigenvalue weighted by atomic mass is 32.2. The van der Waals surface area contributed by atoms with Crippen molar-refractivity contribution in [2.24, 2.45) is 0 Å². The SMILES string of the molecule is CC(C(=O)NO)N(c1ccc(F)cc1)S(=O)(=O)O. The van der Waals surface area contributed by atoms with E-state index < -0.39 is 28.1 Å². The van der Waals surface area contributed by atoms with Crippen molar-refractivity contribution in [3.63, 3.8) is 0 Å². The number of amides is 1. The van der Waals surface area contributed by atoms with Gasteiger partial charge in [-0.15, -0.1) is 0 Å². The molecule has 7 nitrogen and oxygen atoms in total. The molecule has 0 radical (unpaired) electrons. The quantitative estimate of drug-likeness (QED) is 0.418. The number of hydrogen-bond acceptors (Lipinski definition) is 4. The molecule has 1 aromatic carbocycles. The molecule has 0 spiro atoms. The van der Waals surface area contributed by atoms with Gasteiger partial charge in [-0.2, -0.15) is 8.42 Å². The highest BCUT2D eigenvalue weighted by Crippen LogP contribution is 2.20. The van der Waals surface area contributed by atoms with Gasteiger partial charge in [0, 0.05) is 0 Å². The molecule has 18 heavy (non-hydrogen) atoms. The predicted molar refractivity (Wildman–Crippen MR) is 59.8 cm³/mol. The summed E-state index contributed by atoms with van der Waals surface area (Å²) in [6, 6.07) is 2.68. The van der Waals surface area contributed by atoms with E-state index in [1.807, 2.05) is 0 Å². The number of nitrogens with one attached hydrogen (secondary N) is 1. The number of rotatable bonds is 4. The van der Waals surface area contributed by atoms with E-state index in [9.17, 15) is 17.6 Å². The van der Waals surface area contributed by atoms with Gasteiger partial charge in [-0.25, -0.2) is 14.2 Å².